The van der Waals surface area contributed by atoms with Crippen LogP contribution < -0.4 is 10.1 Å². The number of hydrogen-bond donors (Lipinski definition) is 1. The average molecular weight is 332 g/mol. The largest absolute Gasteiger partial charge is 0.497 e. The van der Waals surface area contributed by atoms with Gasteiger partial charge in [-0.25, -0.2) is 0 Å². The third-order valence-corrected chi connectivity index (χ3v) is 4.93. The van der Waals surface area contributed by atoms with Gasteiger partial charge < -0.3 is 14.6 Å². The number of amides is 1. The first kappa shape index (κ1) is 15.9. The fourth-order valence-electron chi connectivity index (χ4n) is 2.28. The second-order valence-corrected chi connectivity index (χ2v) is 6.96. The van der Waals surface area contributed by atoms with Gasteiger partial charge in [-0.05, 0) is 31.9 Å². The predicted octanol–water partition coefficient (Wildman–Crippen LogP) is 2.82. The number of methoxy groups -OCH3 is 1. The Hall–Kier alpha value is -2.02. The van der Waals surface area contributed by atoms with E-state index in [4.69, 9.17) is 4.74 Å². The van der Waals surface area contributed by atoms with Crippen molar-refractivity contribution >= 4 is 23.4 Å². The van der Waals surface area contributed by atoms with Gasteiger partial charge >= 0.3 is 0 Å². The van der Waals surface area contributed by atoms with Crippen LogP contribution in [0.1, 0.15) is 31.5 Å². The Bertz CT molecular complexity index is 712. The lowest BCUT2D eigenvalue weighted by Gasteiger charge is -2.12. The van der Waals surface area contributed by atoms with Crippen LogP contribution >= 0.6 is 11.8 Å². The number of thioether (sulfide) groups is 1. The molecule has 1 aromatic carbocycles. The van der Waals surface area contributed by atoms with Crippen LogP contribution in [0.2, 0.25) is 0 Å². The zero-order valence-corrected chi connectivity index (χ0v) is 14.3. The molecular weight excluding hydrogens is 312 g/mol. The van der Waals surface area contributed by atoms with E-state index < -0.39 is 0 Å². The Kier molecular flexibility index (Phi) is 4.56. The van der Waals surface area contributed by atoms with Gasteiger partial charge in [-0.3, -0.25) is 4.79 Å². The van der Waals surface area contributed by atoms with E-state index in [1.165, 1.54) is 24.6 Å². The molecule has 0 radical (unpaired) electrons. The lowest BCUT2D eigenvalue weighted by Crippen LogP contribution is -2.22. The van der Waals surface area contributed by atoms with Crippen molar-refractivity contribution in [2.75, 3.05) is 12.4 Å². The summed E-state index contributed by atoms with van der Waals surface area (Å²) in [5, 5.41) is 11.9. The van der Waals surface area contributed by atoms with Crippen LogP contribution in [-0.2, 0) is 11.8 Å². The van der Waals surface area contributed by atoms with E-state index in [2.05, 4.69) is 15.5 Å². The van der Waals surface area contributed by atoms with E-state index in [1.807, 2.05) is 36.7 Å². The zero-order valence-electron chi connectivity index (χ0n) is 13.4. The Morgan fingerprint density at radius 3 is 2.91 bits per heavy atom. The summed E-state index contributed by atoms with van der Waals surface area (Å²) < 4.78 is 7.16. The van der Waals surface area contributed by atoms with Gasteiger partial charge in [0.05, 0.1) is 12.4 Å². The first-order chi connectivity index (χ1) is 11.1. The molecule has 0 aliphatic heterocycles. The van der Waals surface area contributed by atoms with Crippen molar-refractivity contribution in [2.24, 2.45) is 7.05 Å². The SMILES string of the molecule is COc1cccc(NC(=O)[C@@H](C)Sc2nnc(C3CC3)n2C)c1. The van der Waals surface area contributed by atoms with Crippen molar-refractivity contribution in [3.8, 4) is 5.75 Å². The number of nitrogens with one attached hydrogen (secondary N) is 1. The fourth-order valence-corrected chi connectivity index (χ4v) is 3.10. The molecule has 2 aromatic rings. The van der Waals surface area contributed by atoms with Gasteiger partial charge in [-0.15, -0.1) is 10.2 Å². The Balaban J connectivity index is 1.63. The standard InChI is InChI=1S/C16H20N4O2S/c1-10(15(21)17-12-5-4-6-13(9-12)22-3)23-16-19-18-14(20(16)2)11-7-8-11/h4-6,9-11H,7-8H2,1-3H3,(H,17,21)/t10-/m1/s1. The van der Waals surface area contributed by atoms with E-state index in [0.717, 1.165) is 16.7 Å². The van der Waals surface area contributed by atoms with Crippen molar-refractivity contribution in [1.29, 1.82) is 0 Å². The topological polar surface area (TPSA) is 69.0 Å². The molecule has 23 heavy (non-hydrogen) atoms. The molecule has 7 heteroatoms. The van der Waals surface area contributed by atoms with Gasteiger partial charge in [-0.1, -0.05) is 17.8 Å². The van der Waals surface area contributed by atoms with Crippen LogP contribution in [0.15, 0.2) is 29.4 Å². The molecule has 0 bridgehead atoms. The highest BCUT2D eigenvalue weighted by atomic mass is 32.2. The number of rotatable bonds is 6. The molecule has 6 nitrogen and oxygen atoms in total. The first-order valence-corrected chi connectivity index (χ1v) is 8.47. The third-order valence-electron chi connectivity index (χ3n) is 3.80. The van der Waals surface area contributed by atoms with Gasteiger partial charge in [0.15, 0.2) is 5.16 Å². The summed E-state index contributed by atoms with van der Waals surface area (Å²) in [6, 6.07) is 7.32. The molecule has 1 atom stereocenters. The van der Waals surface area contributed by atoms with Gasteiger partial charge in [-0.2, -0.15) is 0 Å². The summed E-state index contributed by atoms with van der Waals surface area (Å²) in [5.41, 5.74) is 0.721. The Labute approximate surface area is 139 Å². The number of benzene rings is 1. The molecular formula is C16H20N4O2S. The zero-order chi connectivity index (χ0) is 16.4. The number of carbonyl (C=O) groups excluding carboxylic acids is 1. The lowest BCUT2D eigenvalue weighted by molar-refractivity contribution is -0.115. The Morgan fingerprint density at radius 1 is 1.43 bits per heavy atom. The van der Waals surface area contributed by atoms with Crippen molar-refractivity contribution < 1.29 is 9.53 Å². The van der Waals surface area contributed by atoms with E-state index >= 15 is 0 Å². The maximum Gasteiger partial charge on any atom is 0.237 e. The van der Waals surface area contributed by atoms with Crippen LogP contribution in [0.25, 0.3) is 0 Å². The average Bonchev–Trinajstić information content (AvgIpc) is 3.33. The second kappa shape index (κ2) is 6.62. The summed E-state index contributed by atoms with van der Waals surface area (Å²) >= 11 is 1.42. The van der Waals surface area contributed by atoms with Crippen LogP contribution in [0, 0.1) is 0 Å². The van der Waals surface area contributed by atoms with Gasteiger partial charge in [0.2, 0.25) is 5.91 Å². The lowest BCUT2D eigenvalue weighted by atomic mass is 10.3. The van der Waals surface area contributed by atoms with E-state index in [-0.39, 0.29) is 11.2 Å². The molecule has 122 valence electrons. The van der Waals surface area contributed by atoms with Crippen molar-refractivity contribution in [3.05, 3.63) is 30.1 Å². The quantitative estimate of drug-likeness (QED) is 0.824. The smallest absolute Gasteiger partial charge is 0.237 e. The number of nitrogens with zero attached hydrogens (tertiary/aromatic N) is 3. The normalized spacial score (nSPS) is 15.3. The molecule has 1 aromatic heterocycles. The molecule has 1 amide bonds. The minimum absolute atomic E-state index is 0.0702. The van der Waals surface area contributed by atoms with E-state index in [9.17, 15) is 4.79 Å². The summed E-state index contributed by atoms with van der Waals surface area (Å²) in [5.74, 6) is 2.21. The molecule has 1 aliphatic rings. The van der Waals surface area contributed by atoms with Crippen molar-refractivity contribution in [3.63, 3.8) is 0 Å². The van der Waals surface area contributed by atoms with Crippen LogP contribution in [0.5, 0.6) is 5.75 Å². The van der Waals surface area contributed by atoms with Gasteiger partial charge in [0.25, 0.3) is 0 Å². The van der Waals surface area contributed by atoms with Gasteiger partial charge in [0.1, 0.15) is 11.6 Å². The number of anilines is 1. The van der Waals surface area contributed by atoms with Crippen molar-refractivity contribution in [2.45, 2.75) is 36.1 Å². The highest BCUT2D eigenvalue weighted by molar-refractivity contribution is 8.00. The molecule has 0 saturated heterocycles. The second-order valence-electron chi connectivity index (χ2n) is 5.66. The monoisotopic (exact) mass is 332 g/mol. The minimum atomic E-state index is -0.267. The maximum absolute atomic E-state index is 12.4. The van der Waals surface area contributed by atoms with Crippen LogP contribution in [0.4, 0.5) is 5.69 Å². The van der Waals surface area contributed by atoms with E-state index in [0.29, 0.717) is 11.7 Å². The maximum atomic E-state index is 12.4. The molecule has 1 aliphatic carbocycles. The fraction of sp³-hybridized carbons (Fsp3) is 0.438. The molecule has 0 spiro atoms. The summed E-state index contributed by atoms with van der Waals surface area (Å²) in [6.45, 7) is 1.87. The highest BCUT2D eigenvalue weighted by Crippen LogP contribution is 2.39. The highest BCUT2D eigenvalue weighted by Gasteiger charge is 2.30. The number of hydrogen-bond acceptors (Lipinski definition) is 5. The van der Waals surface area contributed by atoms with E-state index in [1.54, 1.807) is 13.2 Å². The van der Waals surface area contributed by atoms with Crippen molar-refractivity contribution in [1.82, 2.24) is 14.8 Å². The van der Waals surface area contributed by atoms with Crippen LogP contribution in [0.3, 0.4) is 0 Å². The molecule has 0 unspecified atom stereocenters. The molecule has 1 saturated carbocycles. The van der Waals surface area contributed by atoms with Gasteiger partial charge in [0, 0.05) is 24.7 Å². The summed E-state index contributed by atoms with van der Waals surface area (Å²) in [4.78, 5) is 12.4. The predicted molar refractivity (Wildman–Crippen MR) is 89.9 cm³/mol. The minimum Gasteiger partial charge on any atom is -0.497 e. The molecule has 1 N–H and O–H groups in total. The summed E-state index contributed by atoms with van der Waals surface area (Å²) in [7, 11) is 3.56. The number of carbonyl (C=O) groups is 1. The van der Waals surface area contributed by atoms with Crippen LogP contribution in [-0.4, -0.2) is 33.0 Å². The molecule has 3 rings (SSSR count). The number of aromatic nitrogens is 3. The number of ether oxygens (including phenoxy) is 1. The third kappa shape index (κ3) is 3.67. The summed E-state index contributed by atoms with van der Waals surface area (Å²) in [6.07, 6.45) is 2.37. The molecule has 1 heterocycles. The Morgan fingerprint density at radius 2 is 2.22 bits per heavy atom. The first-order valence-electron chi connectivity index (χ1n) is 7.59. The molecule has 1 fully saturated rings.